The third-order valence-corrected chi connectivity index (χ3v) is 4.43. The summed E-state index contributed by atoms with van der Waals surface area (Å²) in [6, 6.07) is 15.3. The number of benzene rings is 2. The monoisotopic (exact) mass is 270 g/mol. The Morgan fingerprint density at radius 3 is 2.68 bits per heavy atom. The molecule has 0 spiro atoms. The second kappa shape index (κ2) is 5.25. The SMILES string of the molecule is CC(C)[C@H]1CSC(Nc2ccc3ccccc3c2)=N1. The zero-order valence-corrected chi connectivity index (χ0v) is 12.1. The lowest BCUT2D eigenvalue weighted by atomic mass is 10.1. The minimum absolute atomic E-state index is 0.452. The quantitative estimate of drug-likeness (QED) is 0.875. The summed E-state index contributed by atoms with van der Waals surface area (Å²) in [7, 11) is 0. The average Bonchev–Trinajstić information content (AvgIpc) is 2.87. The maximum Gasteiger partial charge on any atom is 0.161 e. The number of hydrogen-bond acceptors (Lipinski definition) is 3. The predicted octanol–water partition coefficient (Wildman–Crippen LogP) is 4.38. The second-order valence-electron chi connectivity index (χ2n) is 5.24. The van der Waals surface area contributed by atoms with Gasteiger partial charge in [-0.2, -0.15) is 0 Å². The van der Waals surface area contributed by atoms with E-state index in [0.717, 1.165) is 16.6 Å². The fourth-order valence-electron chi connectivity index (χ4n) is 2.19. The van der Waals surface area contributed by atoms with Gasteiger partial charge in [0.2, 0.25) is 0 Å². The molecule has 1 aliphatic rings. The second-order valence-corrected chi connectivity index (χ2v) is 6.25. The van der Waals surface area contributed by atoms with Crippen LogP contribution in [0.5, 0.6) is 0 Å². The molecule has 2 aromatic carbocycles. The minimum Gasteiger partial charge on any atom is -0.335 e. The summed E-state index contributed by atoms with van der Waals surface area (Å²) in [6.07, 6.45) is 0. The molecule has 0 unspecified atom stereocenters. The van der Waals surface area contributed by atoms with E-state index in [-0.39, 0.29) is 0 Å². The molecule has 0 saturated carbocycles. The maximum atomic E-state index is 4.73. The van der Waals surface area contributed by atoms with E-state index in [2.05, 4.69) is 61.6 Å². The Morgan fingerprint density at radius 1 is 1.16 bits per heavy atom. The van der Waals surface area contributed by atoms with E-state index < -0.39 is 0 Å². The number of aliphatic imine (C=N–C) groups is 1. The van der Waals surface area contributed by atoms with Crippen LogP contribution in [0.15, 0.2) is 47.5 Å². The molecule has 0 amide bonds. The van der Waals surface area contributed by atoms with E-state index in [9.17, 15) is 0 Å². The smallest absolute Gasteiger partial charge is 0.161 e. The summed E-state index contributed by atoms with van der Waals surface area (Å²) in [5, 5.41) is 7.01. The van der Waals surface area contributed by atoms with Crippen LogP contribution in [-0.2, 0) is 0 Å². The van der Waals surface area contributed by atoms with Crippen molar-refractivity contribution in [2.45, 2.75) is 19.9 Å². The Hall–Kier alpha value is -1.48. The lowest BCUT2D eigenvalue weighted by molar-refractivity contribution is 0.543. The molecule has 2 nitrogen and oxygen atoms in total. The van der Waals surface area contributed by atoms with Crippen molar-refractivity contribution in [1.29, 1.82) is 0 Å². The number of fused-ring (bicyclic) bond motifs is 1. The zero-order chi connectivity index (χ0) is 13.2. The fraction of sp³-hybridized carbons (Fsp3) is 0.312. The first-order valence-electron chi connectivity index (χ1n) is 6.69. The van der Waals surface area contributed by atoms with Crippen LogP contribution in [0, 0.1) is 5.92 Å². The van der Waals surface area contributed by atoms with Crippen LogP contribution < -0.4 is 5.32 Å². The molecule has 0 saturated heterocycles. The standard InChI is InChI=1S/C16H18N2S/c1-11(2)15-10-19-16(18-15)17-14-8-7-12-5-3-4-6-13(12)9-14/h3-9,11,15H,10H2,1-2H3,(H,17,18)/t15-/m1/s1. The molecule has 98 valence electrons. The van der Waals surface area contributed by atoms with Crippen molar-refractivity contribution in [3.05, 3.63) is 42.5 Å². The molecule has 0 radical (unpaired) electrons. The van der Waals surface area contributed by atoms with Crippen LogP contribution in [-0.4, -0.2) is 17.0 Å². The van der Waals surface area contributed by atoms with Crippen molar-refractivity contribution in [3.63, 3.8) is 0 Å². The average molecular weight is 270 g/mol. The highest BCUT2D eigenvalue weighted by molar-refractivity contribution is 8.14. The number of thioether (sulfide) groups is 1. The topological polar surface area (TPSA) is 24.4 Å². The fourth-order valence-corrected chi connectivity index (χ4v) is 3.38. The largest absolute Gasteiger partial charge is 0.335 e. The first-order valence-corrected chi connectivity index (χ1v) is 7.67. The maximum absolute atomic E-state index is 4.73. The van der Waals surface area contributed by atoms with Crippen molar-refractivity contribution in [1.82, 2.24) is 0 Å². The van der Waals surface area contributed by atoms with E-state index in [1.54, 1.807) is 0 Å². The van der Waals surface area contributed by atoms with E-state index >= 15 is 0 Å². The molecule has 19 heavy (non-hydrogen) atoms. The molecule has 0 fully saturated rings. The van der Waals surface area contributed by atoms with E-state index in [1.165, 1.54) is 10.8 Å². The highest BCUT2D eigenvalue weighted by atomic mass is 32.2. The van der Waals surface area contributed by atoms with Gasteiger partial charge in [-0.05, 0) is 28.8 Å². The van der Waals surface area contributed by atoms with Crippen LogP contribution >= 0.6 is 11.8 Å². The van der Waals surface area contributed by atoms with Gasteiger partial charge in [-0.1, -0.05) is 55.9 Å². The highest BCUT2D eigenvalue weighted by Gasteiger charge is 2.20. The van der Waals surface area contributed by atoms with Gasteiger partial charge in [0.05, 0.1) is 6.04 Å². The molecular weight excluding hydrogens is 252 g/mol. The van der Waals surface area contributed by atoms with Gasteiger partial charge in [0, 0.05) is 11.4 Å². The zero-order valence-electron chi connectivity index (χ0n) is 11.3. The number of hydrogen-bond donors (Lipinski definition) is 1. The van der Waals surface area contributed by atoms with E-state index in [0.29, 0.717) is 12.0 Å². The van der Waals surface area contributed by atoms with Crippen molar-refractivity contribution in [2.75, 3.05) is 11.1 Å². The van der Waals surface area contributed by atoms with Crippen LogP contribution in [0.25, 0.3) is 10.8 Å². The molecule has 2 aromatic rings. The minimum atomic E-state index is 0.452. The number of anilines is 1. The lowest BCUT2D eigenvalue weighted by Gasteiger charge is -2.08. The summed E-state index contributed by atoms with van der Waals surface area (Å²) in [4.78, 5) is 4.73. The Morgan fingerprint density at radius 2 is 1.95 bits per heavy atom. The van der Waals surface area contributed by atoms with Crippen molar-refractivity contribution < 1.29 is 0 Å². The Kier molecular flexibility index (Phi) is 3.47. The van der Waals surface area contributed by atoms with Gasteiger partial charge >= 0.3 is 0 Å². The summed E-state index contributed by atoms with van der Waals surface area (Å²) in [6.45, 7) is 4.46. The Bertz CT molecular complexity index is 619. The van der Waals surface area contributed by atoms with Gasteiger partial charge in [-0.25, -0.2) is 0 Å². The molecule has 1 N–H and O–H groups in total. The summed E-state index contributed by atoms with van der Waals surface area (Å²) in [5.74, 6) is 1.71. The van der Waals surface area contributed by atoms with Crippen LogP contribution in [0.2, 0.25) is 0 Å². The van der Waals surface area contributed by atoms with Crippen molar-refractivity contribution in [3.8, 4) is 0 Å². The van der Waals surface area contributed by atoms with Gasteiger partial charge < -0.3 is 5.32 Å². The van der Waals surface area contributed by atoms with Crippen LogP contribution in [0.3, 0.4) is 0 Å². The summed E-state index contributed by atoms with van der Waals surface area (Å²) < 4.78 is 0. The molecule has 3 rings (SSSR count). The normalized spacial score (nSPS) is 18.9. The number of amidine groups is 1. The number of rotatable bonds is 2. The lowest BCUT2D eigenvalue weighted by Crippen LogP contribution is -2.12. The van der Waals surface area contributed by atoms with Crippen LogP contribution in [0.4, 0.5) is 5.69 Å². The third-order valence-electron chi connectivity index (χ3n) is 3.44. The van der Waals surface area contributed by atoms with Gasteiger partial charge in [-0.3, -0.25) is 4.99 Å². The molecular formula is C16H18N2S. The Labute approximate surface area is 118 Å². The molecule has 1 heterocycles. The van der Waals surface area contributed by atoms with Crippen molar-refractivity contribution >= 4 is 33.4 Å². The molecule has 1 aliphatic heterocycles. The first-order chi connectivity index (χ1) is 9.22. The highest BCUT2D eigenvalue weighted by Crippen LogP contribution is 2.25. The number of nitrogens with one attached hydrogen (secondary N) is 1. The number of nitrogens with zero attached hydrogens (tertiary/aromatic N) is 1. The van der Waals surface area contributed by atoms with Gasteiger partial charge in [0.15, 0.2) is 5.17 Å². The summed E-state index contributed by atoms with van der Waals surface area (Å²) >= 11 is 1.82. The van der Waals surface area contributed by atoms with Gasteiger partial charge in [-0.15, -0.1) is 0 Å². The summed E-state index contributed by atoms with van der Waals surface area (Å²) in [5.41, 5.74) is 1.12. The molecule has 0 bridgehead atoms. The molecule has 1 atom stereocenters. The van der Waals surface area contributed by atoms with E-state index in [1.807, 2.05) is 11.8 Å². The van der Waals surface area contributed by atoms with Crippen molar-refractivity contribution in [2.24, 2.45) is 10.9 Å². The van der Waals surface area contributed by atoms with Crippen LogP contribution in [0.1, 0.15) is 13.8 Å². The molecule has 3 heteroatoms. The first kappa shape index (κ1) is 12.5. The Balaban J connectivity index is 1.80. The predicted molar refractivity (Wildman–Crippen MR) is 86.1 cm³/mol. The molecule has 0 aromatic heterocycles. The third kappa shape index (κ3) is 2.76. The van der Waals surface area contributed by atoms with Gasteiger partial charge in [0.25, 0.3) is 0 Å². The molecule has 0 aliphatic carbocycles. The van der Waals surface area contributed by atoms with E-state index in [4.69, 9.17) is 4.99 Å². The van der Waals surface area contributed by atoms with Gasteiger partial charge in [0.1, 0.15) is 0 Å².